The van der Waals surface area contributed by atoms with Crippen molar-refractivity contribution in [2.24, 2.45) is 0 Å². The van der Waals surface area contributed by atoms with E-state index in [1.165, 1.54) is 0 Å². The fourth-order valence-electron chi connectivity index (χ4n) is 2.57. The van der Waals surface area contributed by atoms with Crippen LogP contribution in [0.1, 0.15) is 32.6 Å². The molecular weight excluding hydrogens is 204 g/mol. The predicted molar refractivity (Wildman–Crippen MR) is 60.0 cm³/mol. The van der Waals surface area contributed by atoms with Gasteiger partial charge in [-0.3, -0.25) is 0 Å². The van der Waals surface area contributed by atoms with Gasteiger partial charge >= 0.3 is 0 Å². The van der Waals surface area contributed by atoms with Crippen molar-refractivity contribution in [3.05, 3.63) is 0 Å². The Morgan fingerprint density at radius 1 is 1.56 bits per heavy atom. The number of ether oxygens (including phenoxy) is 2. The average Bonchev–Trinajstić information content (AvgIpc) is 2.70. The molecule has 4 heteroatoms. The highest BCUT2D eigenvalue weighted by Crippen LogP contribution is 2.35. The van der Waals surface area contributed by atoms with Gasteiger partial charge in [0.25, 0.3) is 0 Å². The van der Waals surface area contributed by atoms with Gasteiger partial charge in [-0.25, -0.2) is 0 Å². The number of hydrogen-bond donors (Lipinski definition) is 1. The Bertz CT molecular complexity index is 269. The Hall–Kier alpha value is -0.630. The van der Waals surface area contributed by atoms with Crippen LogP contribution in [-0.4, -0.2) is 37.5 Å². The lowest BCUT2D eigenvalue weighted by Crippen LogP contribution is -2.41. The topological polar surface area (TPSA) is 54.3 Å². The van der Waals surface area contributed by atoms with Gasteiger partial charge in [-0.1, -0.05) is 6.92 Å². The molecule has 4 nitrogen and oxygen atoms in total. The zero-order chi connectivity index (χ0) is 11.4. The minimum absolute atomic E-state index is 0.0314. The van der Waals surface area contributed by atoms with Gasteiger partial charge in [0.05, 0.1) is 24.4 Å². The van der Waals surface area contributed by atoms with Gasteiger partial charge < -0.3 is 14.8 Å². The van der Waals surface area contributed by atoms with Crippen molar-refractivity contribution in [2.45, 2.75) is 50.4 Å². The van der Waals surface area contributed by atoms with E-state index in [0.29, 0.717) is 6.61 Å². The average molecular weight is 224 g/mol. The highest BCUT2D eigenvalue weighted by molar-refractivity contribution is 4.95. The number of piperidine rings is 1. The van der Waals surface area contributed by atoms with E-state index in [9.17, 15) is 0 Å². The summed E-state index contributed by atoms with van der Waals surface area (Å²) in [7, 11) is 0. The van der Waals surface area contributed by atoms with Gasteiger partial charge in [-0.15, -0.1) is 0 Å². The number of nitrogens with one attached hydrogen (secondary N) is 1. The third-order valence-corrected chi connectivity index (χ3v) is 3.56. The summed E-state index contributed by atoms with van der Waals surface area (Å²) in [6.07, 6.45) is 3.68. The Kier molecular flexibility index (Phi) is 3.80. The van der Waals surface area contributed by atoms with Gasteiger partial charge in [0.15, 0.2) is 0 Å². The van der Waals surface area contributed by atoms with Crippen LogP contribution in [0.4, 0.5) is 0 Å². The molecule has 2 rings (SSSR count). The molecule has 2 atom stereocenters. The van der Waals surface area contributed by atoms with E-state index in [-0.39, 0.29) is 17.8 Å². The molecule has 2 saturated heterocycles. The van der Waals surface area contributed by atoms with Gasteiger partial charge in [0, 0.05) is 6.42 Å². The highest BCUT2D eigenvalue weighted by Gasteiger charge is 2.42. The summed E-state index contributed by atoms with van der Waals surface area (Å²) in [5.41, 5.74) is 0.0314. The summed E-state index contributed by atoms with van der Waals surface area (Å²) < 4.78 is 11.6. The smallest absolute Gasteiger partial charge is 0.144 e. The molecule has 2 heterocycles. The van der Waals surface area contributed by atoms with Crippen LogP contribution < -0.4 is 5.32 Å². The molecule has 2 fully saturated rings. The van der Waals surface area contributed by atoms with Gasteiger partial charge in [0.2, 0.25) is 0 Å². The quantitative estimate of drug-likeness (QED) is 0.783. The maximum Gasteiger partial charge on any atom is 0.144 e. The molecule has 0 aromatic carbocycles. The second-order valence-corrected chi connectivity index (χ2v) is 4.73. The Morgan fingerprint density at radius 3 is 2.94 bits per heavy atom. The van der Waals surface area contributed by atoms with Crippen LogP contribution in [0.25, 0.3) is 0 Å². The highest BCUT2D eigenvalue weighted by atomic mass is 16.6. The molecule has 90 valence electrons. The summed E-state index contributed by atoms with van der Waals surface area (Å²) in [5, 5.41) is 12.2. The molecule has 2 aliphatic heterocycles. The summed E-state index contributed by atoms with van der Waals surface area (Å²) >= 11 is 0. The largest absolute Gasteiger partial charge is 0.372 e. The SMILES string of the molecule is CCC(C#N)OC1COC2(CCNCC2)C1. The molecule has 0 radical (unpaired) electrons. The third-order valence-electron chi connectivity index (χ3n) is 3.56. The van der Waals surface area contributed by atoms with E-state index in [1.807, 2.05) is 6.92 Å². The van der Waals surface area contributed by atoms with Crippen molar-refractivity contribution >= 4 is 0 Å². The first-order valence-corrected chi connectivity index (χ1v) is 6.18. The molecule has 0 aliphatic carbocycles. The normalized spacial score (nSPS) is 30.1. The molecule has 0 bridgehead atoms. The van der Waals surface area contributed by atoms with Crippen LogP contribution in [0.15, 0.2) is 0 Å². The van der Waals surface area contributed by atoms with Gasteiger partial charge in [-0.05, 0) is 32.4 Å². The molecular formula is C12H20N2O2. The van der Waals surface area contributed by atoms with Gasteiger partial charge in [-0.2, -0.15) is 5.26 Å². The van der Waals surface area contributed by atoms with E-state index in [1.54, 1.807) is 0 Å². The van der Waals surface area contributed by atoms with E-state index >= 15 is 0 Å². The Balaban J connectivity index is 1.85. The predicted octanol–water partition coefficient (Wildman–Crippen LogP) is 1.22. The number of rotatable bonds is 3. The molecule has 0 aromatic heterocycles. The van der Waals surface area contributed by atoms with Crippen molar-refractivity contribution in [3.8, 4) is 6.07 Å². The lowest BCUT2D eigenvalue weighted by atomic mass is 9.89. The zero-order valence-electron chi connectivity index (χ0n) is 9.87. The number of hydrogen-bond acceptors (Lipinski definition) is 4. The van der Waals surface area contributed by atoms with E-state index in [0.717, 1.165) is 38.8 Å². The number of nitriles is 1. The zero-order valence-corrected chi connectivity index (χ0v) is 9.87. The summed E-state index contributed by atoms with van der Waals surface area (Å²) in [6.45, 7) is 4.69. The van der Waals surface area contributed by atoms with Crippen molar-refractivity contribution in [1.29, 1.82) is 5.26 Å². The first kappa shape index (κ1) is 11.8. The lowest BCUT2D eigenvalue weighted by Gasteiger charge is -2.32. The van der Waals surface area contributed by atoms with Crippen LogP contribution in [0.2, 0.25) is 0 Å². The molecule has 0 aromatic rings. The molecule has 0 saturated carbocycles. The fourth-order valence-corrected chi connectivity index (χ4v) is 2.57. The molecule has 0 amide bonds. The van der Waals surface area contributed by atoms with E-state index in [4.69, 9.17) is 14.7 Å². The third kappa shape index (κ3) is 2.54. The van der Waals surface area contributed by atoms with E-state index < -0.39 is 0 Å². The molecule has 16 heavy (non-hydrogen) atoms. The summed E-state index contributed by atoms with van der Waals surface area (Å²) in [4.78, 5) is 0. The molecule has 1 spiro atoms. The fraction of sp³-hybridized carbons (Fsp3) is 0.917. The second-order valence-electron chi connectivity index (χ2n) is 4.73. The first-order chi connectivity index (χ1) is 7.78. The minimum Gasteiger partial charge on any atom is -0.372 e. The standard InChI is InChI=1S/C12H20N2O2/c1-2-10(8-13)16-11-7-12(15-9-11)3-5-14-6-4-12/h10-11,14H,2-7,9H2,1H3. The Morgan fingerprint density at radius 2 is 2.31 bits per heavy atom. The summed E-state index contributed by atoms with van der Waals surface area (Å²) in [6, 6.07) is 2.18. The van der Waals surface area contributed by atoms with Gasteiger partial charge in [0.1, 0.15) is 6.10 Å². The molecule has 1 N–H and O–H groups in total. The Labute approximate surface area is 96.9 Å². The van der Waals surface area contributed by atoms with Crippen molar-refractivity contribution in [3.63, 3.8) is 0 Å². The van der Waals surface area contributed by atoms with Crippen molar-refractivity contribution in [1.82, 2.24) is 5.32 Å². The second kappa shape index (κ2) is 5.13. The van der Waals surface area contributed by atoms with Crippen LogP contribution in [0, 0.1) is 11.3 Å². The minimum atomic E-state index is -0.273. The van der Waals surface area contributed by atoms with Crippen LogP contribution >= 0.6 is 0 Å². The number of nitrogens with zero attached hydrogens (tertiary/aromatic N) is 1. The first-order valence-electron chi connectivity index (χ1n) is 6.18. The molecule has 2 aliphatic rings. The monoisotopic (exact) mass is 224 g/mol. The summed E-state index contributed by atoms with van der Waals surface area (Å²) in [5.74, 6) is 0. The van der Waals surface area contributed by atoms with E-state index in [2.05, 4.69) is 11.4 Å². The van der Waals surface area contributed by atoms with Crippen LogP contribution in [0.5, 0.6) is 0 Å². The van der Waals surface area contributed by atoms with Crippen molar-refractivity contribution < 1.29 is 9.47 Å². The molecule has 2 unspecified atom stereocenters. The van der Waals surface area contributed by atoms with Crippen LogP contribution in [-0.2, 0) is 9.47 Å². The maximum absolute atomic E-state index is 8.86. The van der Waals surface area contributed by atoms with Crippen molar-refractivity contribution in [2.75, 3.05) is 19.7 Å². The maximum atomic E-state index is 8.86. The van der Waals surface area contributed by atoms with Crippen LogP contribution in [0.3, 0.4) is 0 Å². The lowest BCUT2D eigenvalue weighted by molar-refractivity contribution is -0.0263.